The Hall–Kier alpha value is -1.62. The van der Waals surface area contributed by atoms with Crippen LogP contribution in [0.25, 0.3) is 0 Å². The molecule has 0 radical (unpaired) electrons. The third kappa shape index (κ3) is 2.61. The largest absolute Gasteiger partial charge is 0.484 e. The second kappa shape index (κ2) is 6.20. The Bertz CT molecular complexity index is 822. The lowest BCUT2D eigenvalue weighted by Crippen LogP contribution is -2.45. The minimum absolute atomic E-state index is 0.0957. The van der Waals surface area contributed by atoms with Crippen molar-refractivity contribution in [2.75, 3.05) is 11.9 Å². The summed E-state index contributed by atoms with van der Waals surface area (Å²) in [6.07, 6.45) is 6.88. The number of carbonyl (C=O) groups is 1. The molecule has 2 saturated carbocycles. The maximum atomic E-state index is 11.6. The van der Waals surface area contributed by atoms with E-state index >= 15 is 0 Å². The lowest BCUT2D eigenvalue weighted by molar-refractivity contribution is -0.154. The van der Waals surface area contributed by atoms with Gasteiger partial charge in [0, 0.05) is 12.3 Å². The number of hydrogen-bond acceptors (Lipinski definition) is 4. The summed E-state index contributed by atoms with van der Waals surface area (Å²) < 4.78 is 11.6. The number of hydrogen-bond donors (Lipinski definition) is 1. The number of nitrogens with one attached hydrogen (secondary N) is 1. The smallest absolute Gasteiger partial charge is 0.302 e. The van der Waals surface area contributed by atoms with Crippen LogP contribution in [0.15, 0.2) is 12.1 Å². The molecule has 1 N–H and O–H groups in total. The molecule has 5 heteroatoms. The zero-order valence-corrected chi connectivity index (χ0v) is 16.9. The third-order valence-electron chi connectivity index (χ3n) is 7.72. The van der Waals surface area contributed by atoms with Gasteiger partial charge in [-0.25, -0.2) is 0 Å². The van der Waals surface area contributed by atoms with Crippen molar-refractivity contribution >= 4 is 28.9 Å². The van der Waals surface area contributed by atoms with Gasteiger partial charge in [-0.2, -0.15) is 0 Å². The van der Waals surface area contributed by atoms with Crippen LogP contribution < -0.4 is 10.1 Å². The number of fused-ring (bicyclic) bond motifs is 7. The Morgan fingerprint density at radius 2 is 2.15 bits per heavy atom. The first-order valence-corrected chi connectivity index (χ1v) is 10.6. The van der Waals surface area contributed by atoms with Crippen molar-refractivity contribution in [2.45, 2.75) is 64.4 Å². The molecule has 0 unspecified atom stereocenters. The standard InChI is InChI=1S/C22H27NO3S/c1-12(24)26-19-8-6-17-15-3-4-16-13(14(15)9-10-22(17,19)2)5-7-18-21(16)23-20(27)11-25-18/h5,7,14-15,17,19H,3-4,6,8-11H2,1-2H3,(H,23,27)/t14-,15-,17+,19+,22+/m1/s1. The highest BCUT2D eigenvalue weighted by Gasteiger charge is 2.56. The van der Waals surface area contributed by atoms with Gasteiger partial charge < -0.3 is 14.8 Å². The van der Waals surface area contributed by atoms with Gasteiger partial charge in [-0.1, -0.05) is 25.2 Å². The molecule has 0 saturated heterocycles. The molecule has 5 atom stereocenters. The summed E-state index contributed by atoms with van der Waals surface area (Å²) in [7, 11) is 0. The number of esters is 1. The van der Waals surface area contributed by atoms with E-state index in [1.807, 2.05) is 0 Å². The average Bonchev–Trinajstić information content (AvgIpc) is 2.97. The number of anilines is 1. The van der Waals surface area contributed by atoms with E-state index in [9.17, 15) is 4.79 Å². The highest BCUT2D eigenvalue weighted by Crippen LogP contribution is 2.62. The van der Waals surface area contributed by atoms with Gasteiger partial charge in [0.2, 0.25) is 0 Å². The molecule has 27 heavy (non-hydrogen) atoms. The van der Waals surface area contributed by atoms with Gasteiger partial charge in [-0.05, 0) is 73.5 Å². The first kappa shape index (κ1) is 17.5. The third-order valence-corrected chi connectivity index (χ3v) is 7.94. The maximum Gasteiger partial charge on any atom is 0.302 e. The van der Waals surface area contributed by atoms with Gasteiger partial charge >= 0.3 is 5.97 Å². The molecule has 1 aromatic rings. The molecule has 4 nitrogen and oxygen atoms in total. The van der Waals surface area contributed by atoms with E-state index in [2.05, 4.69) is 24.4 Å². The summed E-state index contributed by atoms with van der Waals surface area (Å²) in [5, 5.41) is 3.41. The fourth-order valence-electron chi connectivity index (χ4n) is 6.57. The highest BCUT2D eigenvalue weighted by atomic mass is 32.1. The molecule has 3 aliphatic carbocycles. The number of carbonyl (C=O) groups excluding carboxylic acids is 1. The molecule has 4 aliphatic rings. The molecule has 0 amide bonds. The SMILES string of the molecule is CC(=O)O[C@H]1CC[C@H]2[C@@H]3CCc4c(ccc5c4NC(=S)CO5)[C@H]3CC[C@]12C. The van der Waals surface area contributed by atoms with E-state index in [1.54, 1.807) is 6.92 Å². The van der Waals surface area contributed by atoms with Crippen LogP contribution in [0, 0.1) is 17.3 Å². The summed E-state index contributed by atoms with van der Waals surface area (Å²) in [6, 6.07) is 4.41. The lowest BCUT2D eigenvalue weighted by atomic mass is 9.55. The van der Waals surface area contributed by atoms with Gasteiger partial charge in [0.05, 0.1) is 5.69 Å². The molecule has 5 rings (SSSR count). The predicted molar refractivity (Wildman–Crippen MR) is 108 cm³/mol. The van der Waals surface area contributed by atoms with Crippen LogP contribution in [0.3, 0.4) is 0 Å². The number of ether oxygens (including phenoxy) is 2. The van der Waals surface area contributed by atoms with Crippen molar-refractivity contribution < 1.29 is 14.3 Å². The fraction of sp³-hybridized carbons (Fsp3) is 0.636. The van der Waals surface area contributed by atoms with Gasteiger partial charge in [0.15, 0.2) is 0 Å². The van der Waals surface area contributed by atoms with E-state index in [1.165, 1.54) is 30.4 Å². The van der Waals surface area contributed by atoms with E-state index < -0.39 is 0 Å². The first-order chi connectivity index (χ1) is 13.0. The minimum atomic E-state index is -0.133. The van der Waals surface area contributed by atoms with Crippen LogP contribution in [0.1, 0.15) is 63.0 Å². The summed E-state index contributed by atoms with van der Waals surface area (Å²) in [5.74, 6) is 2.75. The van der Waals surface area contributed by atoms with Gasteiger partial charge in [0.1, 0.15) is 23.4 Å². The Balaban J connectivity index is 1.47. The summed E-state index contributed by atoms with van der Waals surface area (Å²) in [5.41, 5.74) is 4.15. The minimum Gasteiger partial charge on any atom is -0.484 e. The van der Waals surface area contributed by atoms with Gasteiger partial charge in [-0.15, -0.1) is 0 Å². The van der Waals surface area contributed by atoms with Crippen LogP contribution in [0.5, 0.6) is 5.75 Å². The van der Waals surface area contributed by atoms with Crippen LogP contribution in [0.2, 0.25) is 0 Å². The van der Waals surface area contributed by atoms with Gasteiger partial charge in [-0.3, -0.25) is 4.79 Å². The quantitative estimate of drug-likeness (QED) is 0.565. The van der Waals surface area contributed by atoms with Crippen molar-refractivity contribution in [3.8, 4) is 5.75 Å². The molecule has 1 aliphatic heterocycles. The lowest BCUT2D eigenvalue weighted by Gasteiger charge is -2.50. The second-order valence-corrected chi connectivity index (χ2v) is 9.47. The molecule has 2 fully saturated rings. The molecular weight excluding hydrogens is 358 g/mol. The molecule has 0 spiro atoms. The van der Waals surface area contributed by atoms with Crippen molar-refractivity contribution in [1.82, 2.24) is 0 Å². The van der Waals surface area contributed by atoms with Crippen molar-refractivity contribution in [3.05, 3.63) is 23.3 Å². The van der Waals surface area contributed by atoms with E-state index in [4.69, 9.17) is 21.7 Å². The van der Waals surface area contributed by atoms with Crippen LogP contribution >= 0.6 is 12.2 Å². The molecule has 0 bridgehead atoms. The monoisotopic (exact) mass is 385 g/mol. The Labute approximate surface area is 166 Å². The number of rotatable bonds is 1. The van der Waals surface area contributed by atoms with Gasteiger partial charge in [0.25, 0.3) is 0 Å². The predicted octanol–water partition coefficient (Wildman–Crippen LogP) is 4.61. The van der Waals surface area contributed by atoms with Crippen LogP contribution in [0.4, 0.5) is 5.69 Å². The number of thiocarbonyl (C=S) groups is 1. The van der Waals surface area contributed by atoms with E-state index in [0.717, 1.165) is 35.7 Å². The molecular formula is C22H27NO3S. The summed E-state index contributed by atoms with van der Waals surface area (Å²) >= 11 is 5.35. The van der Waals surface area contributed by atoms with E-state index in [-0.39, 0.29) is 17.5 Å². The first-order valence-electron chi connectivity index (χ1n) is 10.2. The van der Waals surface area contributed by atoms with Crippen molar-refractivity contribution in [2.24, 2.45) is 17.3 Å². The Kier molecular flexibility index (Phi) is 4.01. The maximum absolute atomic E-state index is 11.6. The van der Waals surface area contributed by atoms with Crippen LogP contribution in [-0.2, 0) is 16.0 Å². The molecule has 144 valence electrons. The fourth-order valence-corrected chi connectivity index (χ4v) is 6.73. The summed E-state index contributed by atoms with van der Waals surface area (Å²) in [4.78, 5) is 12.3. The van der Waals surface area contributed by atoms with Crippen molar-refractivity contribution in [3.63, 3.8) is 0 Å². The zero-order valence-electron chi connectivity index (χ0n) is 16.0. The highest BCUT2D eigenvalue weighted by molar-refractivity contribution is 7.80. The molecule has 1 aromatic carbocycles. The average molecular weight is 386 g/mol. The topological polar surface area (TPSA) is 47.6 Å². The normalized spacial score (nSPS) is 36.4. The Morgan fingerprint density at radius 3 is 2.96 bits per heavy atom. The molecule has 0 aromatic heterocycles. The molecule has 1 heterocycles. The Morgan fingerprint density at radius 1 is 1.30 bits per heavy atom. The second-order valence-electron chi connectivity index (χ2n) is 8.98. The van der Waals surface area contributed by atoms with Crippen LogP contribution in [-0.4, -0.2) is 23.7 Å². The van der Waals surface area contributed by atoms with E-state index in [0.29, 0.717) is 24.4 Å². The summed E-state index contributed by atoms with van der Waals surface area (Å²) in [6.45, 7) is 4.39. The number of benzene rings is 1. The van der Waals surface area contributed by atoms with Crippen molar-refractivity contribution in [1.29, 1.82) is 0 Å². The zero-order chi connectivity index (χ0) is 18.8.